The van der Waals surface area contributed by atoms with Crippen LogP contribution in [-0.2, 0) is 22.6 Å². The Balaban J connectivity index is 1.39. The fourth-order valence-corrected chi connectivity index (χ4v) is 5.19. The van der Waals surface area contributed by atoms with Crippen molar-refractivity contribution in [3.05, 3.63) is 62.1 Å². The Kier molecular flexibility index (Phi) is 7.09. The molecule has 0 spiro atoms. The third-order valence-electron chi connectivity index (χ3n) is 5.27. The van der Waals surface area contributed by atoms with Crippen LogP contribution in [0.5, 0.6) is 5.75 Å². The summed E-state index contributed by atoms with van der Waals surface area (Å²) < 4.78 is 10.6. The molecule has 0 unspecified atom stereocenters. The lowest BCUT2D eigenvalue weighted by atomic mass is 10.0. The lowest BCUT2D eigenvalue weighted by Gasteiger charge is -2.08. The second kappa shape index (κ2) is 10.2. The third kappa shape index (κ3) is 5.35. The molecule has 0 aliphatic carbocycles. The van der Waals surface area contributed by atoms with Gasteiger partial charge in [-0.25, -0.2) is 9.78 Å². The number of hydrogen-bond donors (Lipinski definition) is 2. The van der Waals surface area contributed by atoms with E-state index in [-0.39, 0.29) is 24.7 Å². The van der Waals surface area contributed by atoms with E-state index < -0.39 is 5.63 Å². The van der Waals surface area contributed by atoms with Crippen molar-refractivity contribution in [2.45, 2.75) is 33.2 Å². The Morgan fingerprint density at radius 1 is 1.21 bits per heavy atom. The van der Waals surface area contributed by atoms with Gasteiger partial charge in [-0.15, -0.1) is 22.7 Å². The monoisotopic (exact) mass is 497 g/mol. The molecule has 3 heterocycles. The Labute approximate surface area is 203 Å². The second-order valence-electron chi connectivity index (χ2n) is 7.62. The van der Waals surface area contributed by atoms with Crippen molar-refractivity contribution < 1.29 is 18.7 Å². The minimum absolute atomic E-state index is 0.0782. The van der Waals surface area contributed by atoms with E-state index in [2.05, 4.69) is 15.6 Å². The van der Waals surface area contributed by atoms with Gasteiger partial charge in [0, 0.05) is 40.6 Å². The van der Waals surface area contributed by atoms with Gasteiger partial charge < -0.3 is 19.8 Å². The van der Waals surface area contributed by atoms with Gasteiger partial charge in [-0.1, -0.05) is 0 Å². The van der Waals surface area contributed by atoms with Crippen LogP contribution in [0.1, 0.15) is 29.3 Å². The summed E-state index contributed by atoms with van der Waals surface area (Å²) in [6.07, 6.45) is 0.389. The van der Waals surface area contributed by atoms with Crippen molar-refractivity contribution in [2.75, 3.05) is 12.4 Å². The predicted octanol–water partition coefficient (Wildman–Crippen LogP) is 4.50. The number of carbonyl (C=O) groups is 2. The van der Waals surface area contributed by atoms with Crippen molar-refractivity contribution >= 4 is 50.6 Å². The predicted molar refractivity (Wildman–Crippen MR) is 134 cm³/mol. The molecule has 176 valence electrons. The number of carbonyl (C=O) groups excluding carboxylic acids is 2. The fraction of sp³-hybridized carbons (Fsp3) is 0.250. The van der Waals surface area contributed by atoms with Crippen LogP contribution in [-0.4, -0.2) is 23.9 Å². The molecule has 4 rings (SSSR count). The van der Waals surface area contributed by atoms with Crippen LogP contribution in [0.2, 0.25) is 0 Å². The largest absolute Gasteiger partial charge is 0.497 e. The van der Waals surface area contributed by atoms with Gasteiger partial charge in [0.1, 0.15) is 11.3 Å². The summed E-state index contributed by atoms with van der Waals surface area (Å²) in [5.74, 6) is 0.300. The molecule has 0 bridgehead atoms. The SMILES string of the molecule is COc1ccc2c(C)c(CCC(=O)Nc3nc(-c4ccc(CNC(C)=O)s4)cs3)c(=O)oc2c1. The number of methoxy groups -OCH3 is 1. The third-order valence-corrected chi connectivity index (χ3v) is 7.14. The summed E-state index contributed by atoms with van der Waals surface area (Å²) in [5, 5.41) is 8.76. The quantitative estimate of drug-likeness (QED) is 0.347. The van der Waals surface area contributed by atoms with Gasteiger partial charge >= 0.3 is 5.63 Å². The van der Waals surface area contributed by atoms with Gasteiger partial charge in [0.15, 0.2) is 5.13 Å². The number of rotatable bonds is 8. The maximum Gasteiger partial charge on any atom is 0.339 e. The van der Waals surface area contributed by atoms with Crippen molar-refractivity contribution in [3.63, 3.8) is 0 Å². The topological polar surface area (TPSA) is 111 Å². The summed E-state index contributed by atoms with van der Waals surface area (Å²) in [6.45, 7) is 3.81. The zero-order valence-electron chi connectivity index (χ0n) is 18.9. The van der Waals surface area contributed by atoms with E-state index in [1.807, 2.05) is 36.6 Å². The minimum atomic E-state index is -0.449. The number of anilines is 1. The maximum absolute atomic E-state index is 12.5. The first kappa shape index (κ1) is 23.7. The van der Waals surface area contributed by atoms with E-state index in [0.717, 1.165) is 26.4 Å². The van der Waals surface area contributed by atoms with Gasteiger partial charge in [0.25, 0.3) is 0 Å². The van der Waals surface area contributed by atoms with Gasteiger partial charge in [0.05, 0.1) is 24.2 Å². The number of aryl methyl sites for hydroxylation is 1. The highest BCUT2D eigenvalue weighted by Gasteiger charge is 2.15. The molecule has 1 aromatic carbocycles. The van der Waals surface area contributed by atoms with Crippen molar-refractivity contribution in [1.82, 2.24) is 10.3 Å². The molecule has 0 fully saturated rings. The van der Waals surface area contributed by atoms with E-state index in [4.69, 9.17) is 9.15 Å². The number of nitrogens with zero attached hydrogens (tertiary/aromatic N) is 1. The lowest BCUT2D eigenvalue weighted by molar-refractivity contribution is -0.119. The molecule has 3 aromatic heterocycles. The second-order valence-corrected chi connectivity index (χ2v) is 9.64. The molecule has 0 aliphatic rings. The van der Waals surface area contributed by atoms with Gasteiger partial charge in [0.2, 0.25) is 11.8 Å². The summed E-state index contributed by atoms with van der Waals surface area (Å²) in [6, 6.07) is 9.22. The van der Waals surface area contributed by atoms with Crippen molar-refractivity contribution in [2.24, 2.45) is 0 Å². The fourth-order valence-electron chi connectivity index (χ4n) is 3.48. The van der Waals surface area contributed by atoms with E-state index in [1.54, 1.807) is 13.2 Å². The summed E-state index contributed by atoms with van der Waals surface area (Å²) >= 11 is 2.87. The van der Waals surface area contributed by atoms with Gasteiger partial charge in [-0.3, -0.25) is 9.59 Å². The number of hydrogen-bond acceptors (Lipinski definition) is 8. The van der Waals surface area contributed by atoms with E-state index in [0.29, 0.717) is 28.6 Å². The molecule has 0 radical (unpaired) electrons. The van der Waals surface area contributed by atoms with Crippen molar-refractivity contribution in [3.8, 4) is 16.3 Å². The van der Waals surface area contributed by atoms with E-state index in [9.17, 15) is 14.4 Å². The lowest BCUT2D eigenvalue weighted by Crippen LogP contribution is -2.17. The van der Waals surface area contributed by atoms with Gasteiger partial charge in [-0.05, 0) is 43.2 Å². The zero-order chi connectivity index (χ0) is 24.2. The summed E-state index contributed by atoms with van der Waals surface area (Å²) in [5.41, 5.74) is 2.05. The van der Waals surface area contributed by atoms with Crippen LogP contribution in [0.3, 0.4) is 0 Å². The highest BCUT2D eigenvalue weighted by Crippen LogP contribution is 2.31. The summed E-state index contributed by atoms with van der Waals surface area (Å²) in [7, 11) is 1.55. The number of benzene rings is 1. The van der Waals surface area contributed by atoms with Crippen LogP contribution < -0.4 is 21.0 Å². The molecular formula is C24H23N3O5S2. The Hall–Kier alpha value is -3.50. The maximum atomic E-state index is 12.5. The molecule has 0 aliphatic heterocycles. The smallest absolute Gasteiger partial charge is 0.339 e. The first-order chi connectivity index (χ1) is 16.3. The van der Waals surface area contributed by atoms with Crippen LogP contribution in [0.25, 0.3) is 21.5 Å². The van der Waals surface area contributed by atoms with Crippen LogP contribution >= 0.6 is 22.7 Å². The van der Waals surface area contributed by atoms with Crippen LogP contribution in [0.15, 0.2) is 44.9 Å². The molecule has 0 saturated carbocycles. The Morgan fingerprint density at radius 2 is 2.03 bits per heavy atom. The number of amides is 2. The molecule has 4 aromatic rings. The highest BCUT2D eigenvalue weighted by atomic mass is 32.1. The number of thiazole rings is 1. The average Bonchev–Trinajstić information content (AvgIpc) is 3.46. The molecule has 2 N–H and O–H groups in total. The Bertz CT molecular complexity index is 1420. The molecule has 0 saturated heterocycles. The van der Waals surface area contributed by atoms with E-state index >= 15 is 0 Å². The normalized spacial score (nSPS) is 10.9. The Morgan fingerprint density at radius 3 is 2.79 bits per heavy atom. The summed E-state index contributed by atoms with van der Waals surface area (Å²) in [4.78, 5) is 42.6. The van der Waals surface area contributed by atoms with Crippen molar-refractivity contribution in [1.29, 1.82) is 0 Å². The average molecular weight is 498 g/mol. The highest BCUT2D eigenvalue weighted by molar-refractivity contribution is 7.17. The number of ether oxygens (including phenoxy) is 1. The van der Waals surface area contributed by atoms with E-state index in [1.165, 1.54) is 29.6 Å². The van der Waals surface area contributed by atoms with Crippen LogP contribution in [0, 0.1) is 6.92 Å². The number of nitrogens with one attached hydrogen (secondary N) is 2. The molecule has 2 amide bonds. The van der Waals surface area contributed by atoms with Gasteiger partial charge in [-0.2, -0.15) is 0 Å². The first-order valence-corrected chi connectivity index (χ1v) is 12.2. The van der Waals surface area contributed by atoms with Crippen LogP contribution in [0.4, 0.5) is 5.13 Å². The molecule has 34 heavy (non-hydrogen) atoms. The standard InChI is InChI=1S/C24H23N3O5S2/c1-13-17-6-4-15(31-3)10-20(17)32-23(30)18(13)7-9-22(29)27-24-26-19(12-33-24)21-8-5-16(34-21)11-25-14(2)28/h4-6,8,10,12H,7,9,11H2,1-3H3,(H,25,28)(H,26,27,29). The molecule has 10 heteroatoms. The first-order valence-electron chi connectivity index (χ1n) is 10.5. The minimum Gasteiger partial charge on any atom is -0.497 e. The molecule has 0 atom stereocenters. The zero-order valence-corrected chi connectivity index (χ0v) is 20.5. The number of aromatic nitrogens is 1. The number of thiophene rings is 1. The number of fused-ring (bicyclic) bond motifs is 1. The molecular weight excluding hydrogens is 474 g/mol. The molecule has 8 nitrogen and oxygen atoms in total.